The van der Waals surface area contributed by atoms with E-state index in [1.807, 2.05) is 25.1 Å². The van der Waals surface area contributed by atoms with Gasteiger partial charge in [0, 0.05) is 24.4 Å². The molecule has 0 saturated heterocycles. The second kappa shape index (κ2) is 7.36. The van der Waals surface area contributed by atoms with Crippen molar-refractivity contribution in [1.82, 2.24) is 10.3 Å². The normalized spacial score (nSPS) is 12.3. The van der Waals surface area contributed by atoms with E-state index in [0.29, 0.717) is 12.0 Å². The predicted molar refractivity (Wildman–Crippen MR) is 80.5 cm³/mol. The van der Waals surface area contributed by atoms with Crippen LogP contribution in [0.5, 0.6) is 0 Å². The fourth-order valence-electron chi connectivity index (χ4n) is 2.25. The zero-order valence-electron chi connectivity index (χ0n) is 11.4. The van der Waals surface area contributed by atoms with Crippen LogP contribution in [0.4, 0.5) is 4.39 Å². The molecular weight excluding hydrogens is 275 g/mol. The van der Waals surface area contributed by atoms with E-state index in [2.05, 4.69) is 10.3 Å². The summed E-state index contributed by atoms with van der Waals surface area (Å²) in [5, 5.41) is 3.55. The number of aromatic nitrogens is 1. The molecule has 1 heterocycles. The van der Waals surface area contributed by atoms with Gasteiger partial charge in [-0.3, -0.25) is 4.98 Å². The number of nitrogens with zero attached hydrogens (tertiary/aromatic N) is 1. The lowest BCUT2D eigenvalue weighted by molar-refractivity contribution is 0.502. The Balaban J connectivity index is 2.11. The number of pyridine rings is 1. The van der Waals surface area contributed by atoms with Crippen molar-refractivity contribution in [3.63, 3.8) is 0 Å². The SMILES string of the molecule is CCNC(Cc1ccccn1)Cc1cccc(Cl)c1F. The molecule has 20 heavy (non-hydrogen) atoms. The molecule has 1 N–H and O–H groups in total. The first kappa shape index (κ1) is 14.9. The number of halogens is 2. The lowest BCUT2D eigenvalue weighted by Crippen LogP contribution is -2.33. The van der Waals surface area contributed by atoms with Gasteiger partial charge in [0.15, 0.2) is 0 Å². The Hall–Kier alpha value is -1.45. The van der Waals surface area contributed by atoms with Gasteiger partial charge in [-0.2, -0.15) is 0 Å². The summed E-state index contributed by atoms with van der Waals surface area (Å²) in [7, 11) is 0. The lowest BCUT2D eigenvalue weighted by Gasteiger charge is -2.18. The first-order valence-electron chi connectivity index (χ1n) is 6.77. The number of benzene rings is 1. The fourth-order valence-corrected chi connectivity index (χ4v) is 2.44. The van der Waals surface area contributed by atoms with Crippen LogP contribution in [0.1, 0.15) is 18.2 Å². The standard InChI is InChI=1S/C16H18ClFN2/c1-2-19-14(11-13-7-3-4-9-20-13)10-12-6-5-8-15(17)16(12)18/h3-9,14,19H,2,10-11H2,1H3. The van der Waals surface area contributed by atoms with Crippen LogP contribution >= 0.6 is 11.6 Å². The van der Waals surface area contributed by atoms with E-state index < -0.39 is 0 Å². The third-order valence-corrected chi connectivity index (χ3v) is 3.46. The maximum Gasteiger partial charge on any atom is 0.145 e. The second-order valence-electron chi connectivity index (χ2n) is 4.70. The van der Waals surface area contributed by atoms with E-state index in [1.54, 1.807) is 24.4 Å². The number of hydrogen-bond donors (Lipinski definition) is 1. The van der Waals surface area contributed by atoms with Gasteiger partial charge >= 0.3 is 0 Å². The molecule has 1 aromatic heterocycles. The van der Waals surface area contributed by atoms with E-state index in [9.17, 15) is 4.39 Å². The van der Waals surface area contributed by atoms with Crippen LogP contribution in [0.3, 0.4) is 0 Å². The minimum absolute atomic E-state index is 0.142. The molecule has 1 aromatic carbocycles. The molecule has 1 atom stereocenters. The molecule has 0 radical (unpaired) electrons. The van der Waals surface area contributed by atoms with Gasteiger partial charge in [-0.25, -0.2) is 4.39 Å². The van der Waals surface area contributed by atoms with Gasteiger partial charge in [0.25, 0.3) is 0 Å². The van der Waals surface area contributed by atoms with E-state index >= 15 is 0 Å². The smallest absolute Gasteiger partial charge is 0.145 e. The molecule has 2 aromatic rings. The van der Waals surface area contributed by atoms with Crippen LogP contribution in [-0.2, 0) is 12.8 Å². The van der Waals surface area contributed by atoms with E-state index in [-0.39, 0.29) is 16.9 Å². The third kappa shape index (κ3) is 4.02. The number of hydrogen-bond acceptors (Lipinski definition) is 2. The topological polar surface area (TPSA) is 24.9 Å². The van der Waals surface area contributed by atoms with Crippen LogP contribution in [0.15, 0.2) is 42.6 Å². The molecule has 1 unspecified atom stereocenters. The van der Waals surface area contributed by atoms with Crippen LogP contribution < -0.4 is 5.32 Å². The van der Waals surface area contributed by atoms with Gasteiger partial charge in [0.1, 0.15) is 5.82 Å². The molecule has 2 nitrogen and oxygen atoms in total. The highest BCUT2D eigenvalue weighted by Gasteiger charge is 2.14. The average Bonchev–Trinajstić information content (AvgIpc) is 2.45. The summed E-state index contributed by atoms with van der Waals surface area (Å²) in [5.74, 6) is -0.321. The van der Waals surface area contributed by atoms with E-state index in [0.717, 1.165) is 18.7 Å². The van der Waals surface area contributed by atoms with Gasteiger partial charge in [-0.1, -0.05) is 36.7 Å². The Kier molecular flexibility index (Phi) is 5.50. The fraction of sp³-hybridized carbons (Fsp3) is 0.312. The molecule has 0 bridgehead atoms. The van der Waals surface area contributed by atoms with Crippen molar-refractivity contribution in [2.75, 3.05) is 6.54 Å². The Labute approximate surface area is 124 Å². The van der Waals surface area contributed by atoms with Crippen molar-refractivity contribution >= 4 is 11.6 Å². The summed E-state index contributed by atoms with van der Waals surface area (Å²) < 4.78 is 14.0. The molecule has 4 heteroatoms. The Morgan fingerprint density at radius 2 is 2.05 bits per heavy atom. The van der Waals surface area contributed by atoms with Crippen molar-refractivity contribution in [1.29, 1.82) is 0 Å². The monoisotopic (exact) mass is 292 g/mol. The molecule has 0 fully saturated rings. The molecular formula is C16H18ClFN2. The van der Waals surface area contributed by atoms with Gasteiger partial charge in [0.2, 0.25) is 0 Å². The zero-order chi connectivity index (χ0) is 14.4. The number of nitrogens with one attached hydrogen (secondary N) is 1. The first-order valence-corrected chi connectivity index (χ1v) is 7.14. The third-order valence-electron chi connectivity index (χ3n) is 3.17. The lowest BCUT2D eigenvalue weighted by atomic mass is 10.0. The van der Waals surface area contributed by atoms with Crippen molar-refractivity contribution in [3.05, 3.63) is 64.7 Å². The molecule has 0 aliphatic rings. The molecule has 0 spiro atoms. The minimum Gasteiger partial charge on any atom is -0.314 e. The highest BCUT2D eigenvalue weighted by Crippen LogP contribution is 2.19. The first-order chi connectivity index (χ1) is 9.70. The minimum atomic E-state index is -0.321. The molecule has 2 rings (SSSR count). The number of likely N-dealkylation sites (N-methyl/N-ethyl adjacent to an activating group) is 1. The van der Waals surface area contributed by atoms with Crippen molar-refractivity contribution < 1.29 is 4.39 Å². The summed E-state index contributed by atoms with van der Waals surface area (Å²) in [6.45, 7) is 2.87. The van der Waals surface area contributed by atoms with Gasteiger partial charge < -0.3 is 5.32 Å². The Morgan fingerprint density at radius 3 is 2.75 bits per heavy atom. The Morgan fingerprint density at radius 1 is 1.20 bits per heavy atom. The average molecular weight is 293 g/mol. The molecule has 0 aliphatic carbocycles. The summed E-state index contributed by atoms with van der Waals surface area (Å²) in [6, 6.07) is 11.1. The van der Waals surface area contributed by atoms with Gasteiger partial charge in [-0.15, -0.1) is 0 Å². The summed E-state index contributed by atoms with van der Waals surface area (Å²) >= 11 is 5.83. The van der Waals surface area contributed by atoms with E-state index in [1.165, 1.54) is 0 Å². The molecule has 0 saturated carbocycles. The zero-order valence-corrected chi connectivity index (χ0v) is 12.2. The summed E-state index contributed by atoms with van der Waals surface area (Å²) in [4.78, 5) is 4.32. The van der Waals surface area contributed by atoms with Crippen LogP contribution in [0.25, 0.3) is 0 Å². The highest BCUT2D eigenvalue weighted by molar-refractivity contribution is 6.30. The molecule has 106 valence electrons. The maximum absolute atomic E-state index is 14.0. The van der Waals surface area contributed by atoms with Crippen LogP contribution in [-0.4, -0.2) is 17.6 Å². The largest absolute Gasteiger partial charge is 0.314 e. The van der Waals surface area contributed by atoms with Crippen LogP contribution in [0, 0.1) is 5.82 Å². The maximum atomic E-state index is 14.0. The Bertz CT molecular complexity index is 545. The summed E-state index contributed by atoms with van der Waals surface area (Å²) in [6.07, 6.45) is 3.13. The van der Waals surface area contributed by atoms with Gasteiger partial charge in [0.05, 0.1) is 5.02 Å². The van der Waals surface area contributed by atoms with Gasteiger partial charge in [-0.05, 0) is 36.7 Å². The van der Waals surface area contributed by atoms with Crippen molar-refractivity contribution in [3.8, 4) is 0 Å². The predicted octanol–water partition coefficient (Wildman–Crippen LogP) is 3.64. The highest BCUT2D eigenvalue weighted by atomic mass is 35.5. The van der Waals surface area contributed by atoms with E-state index in [4.69, 9.17) is 11.6 Å². The van der Waals surface area contributed by atoms with Crippen molar-refractivity contribution in [2.24, 2.45) is 0 Å². The number of rotatable bonds is 6. The van der Waals surface area contributed by atoms with Crippen LogP contribution in [0.2, 0.25) is 5.02 Å². The molecule has 0 amide bonds. The second-order valence-corrected chi connectivity index (χ2v) is 5.10. The van der Waals surface area contributed by atoms with Crippen molar-refractivity contribution in [2.45, 2.75) is 25.8 Å². The summed E-state index contributed by atoms with van der Waals surface area (Å²) in [5.41, 5.74) is 1.64. The molecule has 0 aliphatic heterocycles. The quantitative estimate of drug-likeness (QED) is 0.879.